The SMILES string of the molecule is CC(=O)N1C(=O)CCC1c1ccc(C(C)(C)C)cc1. The van der Waals surface area contributed by atoms with Gasteiger partial charge in [0.25, 0.3) is 0 Å². The van der Waals surface area contributed by atoms with Gasteiger partial charge in [-0.2, -0.15) is 0 Å². The van der Waals surface area contributed by atoms with E-state index in [9.17, 15) is 9.59 Å². The molecule has 1 fully saturated rings. The van der Waals surface area contributed by atoms with Crippen molar-refractivity contribution >= 4 is 11.8 Å². The van der Waals surface area contributed by atoms with Gasteiger partial charge in [0.15, 0.2) is 0 Å². The van der Waals surface area contributed by atoms with E-state index in [2.05, 4.69) is 32.9 Å². The average Bonchev–Trinajstić information content (AvgIpc) is 2.70. The summed E-state index contributed by atoms with van der Waals surface area (Å²) in [5.74, 6) is -0.218. The molecule has 0 aliphatic carbocycles. The topological polar surface area (TPSA) is 37.4 Å². The molecule has 0 N–H and O–H groups in total. The van der Waals surface area contributed by atoms with E-state index in [-0.39, 0.29) is 23.3 Å². The zero-order chi connectivity index (χ0) is 14.2. The van der Waals surface area contributed by atoms with E-state index in [1.807, 2.05) is 12.1 Å². The van der Waals surface area contributed by atoms with Gasteiger partial charge in [-0.3, -0.25) is 14.5 Å². The van der Waals surface area contributed by atoms with Gasteiger partial charge < -0.3 is 0 Å². The Morgan fingerprint density at radius 1 is 1.21 bits per heavy atom. The predicted molar refractivity (Wildman–Crippen MR) is 74.6 cm³/mol. The van der Waals surface area contributed by atoms with Crippen LogP contribution in [0.2, 0.25) is 0 Å². The number of carbonyl (C=O) groups is 2. The van der Waals surface area contributed by atoms with E-state index >= 15 is 0 Å². The molecule has 1 unspecified atom stereocenters. The van der Waals surface area contributed by atoms with Crippen LogP contribution < -0.4 is 0 Å². The minimum Gasteiger partial charge on any atom is -0.275 e. The summed E-state index contributed by atoms with van der Waals surface area (Å²) in [7, 11) is 0. The number of rotatable bonds is 1. The lowest BCUT2D eigenvalue weighted by Gasteiger charge is -2.24. The van der Waals surface area contributed by atoms with Crippen LogP contribution in [0.1, 0.15) is 57.7 Å². The van der Waals surface area contributed by atoms with Gasteiger partial charge in [0.1, 0.15) is 0 Å². The molecule has 2 rings (SSSR count). The molecule has 0 saturated carbocycles. The molecular formula is C16H21NO2. The number of hydrogen-bond acceptors (Lipinski definition) is 2. The summed E-state index contributed by atoms with van der Waals surface area (Å²) >= 11 is 0. The Kier molecular flexibility index (Phi) is 3.48. The van der Waals surface area contributed by atoms with Crippen molar-refractivity contribution in [3.8, 4) is 0 Å². The molecule has 0 bridgehead atoms. The molecule has 3 heteroatoms. The van der Waals surface area contributed by atoms with Crippen molar-refractivity contribution in [2.45, 2.75) is 52.0 Å². The first-order valence-corrected chi connectivity index (χ1v) is 6.74. The molecular weight excluding hydrogens is 238 g/mol. The van der Waals surface area contributed by atoms with Crippen LogP contribution in [-0.2, 0) is 15.0 Å². The van der Waals surface area contributed by atoms with Gasteiger partial charge >= 0.3 is 0 Å². The zero-order valence-corrected chi connectivity index (χ0v) is 12.1. The van der Waals surface area contributed by atoms with Crippen LogP contribution in [0.15, 0.2) is 24.3 Å². The Labute approximate surface area is 114 Å². The maximum Gasteiger partial charge on any atom is 0.229 e. The fourth-order valence-corrected chi connectivity index (χ4v) is 2.60. The van der Waals surface area contributed by atoms with Crippen molar-refractivity contribution in [3.05, 3.63) is 35.4 Å². The Balaban J connectivity index is 2.28. The summed E-state index contributed by atoms with van der Waals surface area (Å²) in [4.78, 5) is 24.7. The number of hydrogen-bond donors (Lipinski definition) is 0. The van der Waals surface area contributed by atoms with Gasteiger partial charge in [0, 0.05) is 13.3 Å². The van der Waals surface area contributed by atoms with Gasteiger partial charge in [-0.15, -0.1) is 0 Å². The van der Waals surface area contributed by atoms with Crippen molar-refractivity contribution in [3.63, 3.8) is 0 Å². The third-order valence-electron chi connectivity index (χ3n) is 3.71. The summed E-state index contributed by atoms with van der Waals surface area (Å²) in [5.41, 5.74) is 2.42. The molecule has 2 amide bonds. The van der Waals surface area contributed by atoms with E-state index in [1.54, 1.807) is 0 Å². The molecule has 0 spiro atoms. The number of imide groups is 1. The molecule has 1 aliphatic heterocycles. The quantitative estimate of drug-likeness (QED) is 0.776. The number of nitrogens with zero attached hydrogens (tertiary/aromatic N) is 1. The predicted octanol–water partition coefficient (Wildman–Crippen LogP) is 3.19. The summed E-state index contributed by atoms with van der Waals surface area (Å²) in [6.45, 7) is 7.97. The number of amides is 2. The summed E-state index contributed by atoms with van der Waals surface area (Å²) in [6, 6.07) is 8.19. The van der Waals surface area contributed by atoms with Gasteiger partial charge in [-0.25, -0.2) is 0 Å². The molecule has 19 heavy (non-hydrogen) atoms. The lowest BCUT2D eigenvalue weighted by molar-refractivity contribution is -0.142. The van der Waals surface area contributed by atoms with Crippen LogP contribution in [0.5, 0.6) is 0 Å². The molecule has 1 aliphatic rings. The summed E-state index contributed by atoms with van der Waals surface area (Å²) in [5, 5.41) is 0. The summed E-state index contributed by atoms with van der Waals surface area (Å²) < 4.78 is 0. The zero-order valence-electron chi connectivity index (χ0n) is 12.1. The molecule has 1 aromatic rings. The second kappa shape index (κ2) is 4.80. The lowest BCUT2D eigenvalue weighted by atomic mass is 9.86. The van der Waals surface area contributed by atoms with Crippen LogP contribution in [0, 0.1) is 0 Å². The highest BCUT2D eigenvalue weighted by molar-refractivity contribution is 5.96. The van der Waals surface area contributed by atoms with E-state index in [1.165, 1.54) is 17.4 Å². The van der Waals surface area contributed by atoms with E-state index in [0.29, 0.717) is 6.42 Å². The summed E-state index contributed by atoms with van der Waals surface area (Å²) in [6.07, 6.45) is 1.19. The molecule has 0 aromatic heterocycles. The van der Waals surface area contributed by atoms with E-state index < -0.39 is 0 Å². The third kappa shape index (κ3) is 2.70. The monoisotopic (exact) mass is 259 g/mol. The first kappa shape index (κ1) is 13.8. The van der Waals surface area contributed by atoms with Crippen LogP contribution >= 0.6 is 0 Å². The molecule has 1 aromatic carbocycles. The minimum atomic E-state index is -0.160. The fraction of sp³-hybridized carbons (Fsp3) is 0.500. The normalized spacial score (nSPS) is 19.9. The maximum absolute atomic E-state index is 11.7. The molecule has 1 saturated heterocycles. The highest BCUT2D eigenvalue weighted by Crippen LogP contribution is 2.34. The second-order valence-corrected chi connectivity index (χ2v) is 6.21. The van der Waals surface area contributed by atoms with Gasteiger partial charge in [-0.1, -0.05) is 45.0 Å². The third-order valence-corrected chi connectivity index (χ3v) is 3.71. The van der Waals surface area contributed by atoms with Gasteiger partial charge in [0.05, 0.1) is 6.04 Å². The van der Waals surface area contributed by atoms with Crippen molar-refractivity contribution in [2.75, 3.05) is 0 Å². The lowest BCUT2D eigenvalue weighted by Crippen LogP contribution is -2.32. The van der Waals surface area contributed by atoms with Crippen molar-refractivity contribution in [2.24, 2.45) is 0 Å². The first-order valence-electron chi connectivity index (χ1n) is 6.74. The smallest absolute Gasteiger partial charge is 0.229 e. The fourth-order valence-electron chi connectivity index (χ4n) is 2.60. The minimum absolute atomic E-state index is 0.0580. The molecule has 1 atom stereocenters. The molecule has 102 valence electrons. The Bertz CT molecular complexity index is 496. The van der Waals surface area contributed by atoms with Crippen LogP contribution in [-0.4, -0.2) is 16.7 Å². The molecule has 1 heterocycles. The van der Waals surface area contributed by atoms with Crippen molar-refractivity contribution in [1.29, 1.82) is 0 Å². The standard InChI is InChI=1S/C16H21NO2/c1-11(18)17-14(9-10-15(17)19)12-5-7-13(8-6-12)16(2,3)4/h5-8,14H,9-10H2,1-4H3. The number of benzene rings is 1. The highest BCUT2D eigenvalue weighted by atomic mass is 16.2. The van der Waals surface area contributed by atoms with E-state index in [4.69, 9.17) is 0 Å². The first-order chi connectivity index (χ1) is 8.80. The second-order valence-electron chi connectivity index (χ2n) is 6.21. The highest BCUT2D eigenvalue weighted by Gasteiger charge is 2.34. The van der Waals surface area contributed by atoms with Crippen molar-refractivity contribution in [1.82, 2.24) is 4.90 Å². The van der Waals surface area contributed by atoms with E-state index in [0.717, 1.165) is 12.0 Å². The van der Waals surface area contributed by atoms with Crippen molar-refractivity contribution < 1.29 is 9.59 Å². The van der Waals surface area contributed by atoms with Gasteiger partial charge in [-0.05, 0) is 23.0 Å². The Hall–Kier alpha value is -1.64. The van der Waals surface area contributed by atoms with Gasteiger partial charge in [0.2, 0.25) is 11.8 Å². The number of likely N-dealkylation sites (tertiary alicyclic amines) is 1. The largest absolute Gasteiger partial charge is 0.275 e. The maximum atomic E-state index is 11.7. The Morgan fingerprint density at radius 3 is 2.26 bits per heavy atom. The van der Waals surface area contributed by atoms with Crippen LogP contribution in [0.3, 0.4) is 0 Å². The van der Waals surface area contributed by atoms with Crippen LogP contribution in [0.4, 0.5) is 0 Å². The average molecular weight is 259 g/mol. The molecule has 0 radical (unpaired) electrons. The number of carbonyl (C=O) groups excluding carboxylic acids is 2. The molecule has 3 nitrogen and oxygen atoms in total. The van der Waals surface area contributed by atoms with Crippen LogP contribution in [0.25, 0.3) is 0 Å². The Morgan fingerprint density at radius 2 is 1.79 bits per heavy atom.